The molecule has 10 heteroatoms. The Morgan fingerprint density at radius 2 is 1.86 bits per heavy atom. The number of rotatable bonds is 4. The van der Waals surface area contributed by atoms with Crippen molar-refractivity contribution < 1.29 is 32.7 Å². The molecule has 0 radical (unpaired) electrons. The standard InChI is InChI=1S/C18H11ClF3NO4S/c19-9-5-6-12(11(7-9)18(20,21)22)23-15(24)8-14(16(23)25)28-13-4-2-1-3-10(13)17(26)27/h1-7,14H,8H2,(H,26,27). The van der Waals surface area contributed by atoms with Crippen molar-refractivity contribution in [2.75, 3.05) is 4.90 Å². The summed E-state index contributed by atoms with van der Waals surface area (Å²) in [5, 5.41) is 8.01. The van der Waals surface area contributed by atoms with Crippen molar-refractivity contribution in [1.29, 1.82) is 0 Å². The number of imide groups is 1. The molecule has 1 atom stereocenters. The van der Waals surface area contributed by atoms with E-state index in [1.165, 1.54) is 18.2 Å². The van der Waals surface area contributed by atoms with Gasteiger partial charge in [0.25, 0.3) is 0 Å². The van der Waals surface area contributed by atoms with Crippen LogP contribution in [-0.4, -0.2) is 28.1 Å². The van der Waals surface area contributed by atoms with E-state index in [2.05, 4.69) is 0 Å². The highest BCUT2D eigenvalue weighted by molar-refractivity contribution is 8.00. The Kier molecular flexibility index (Phi) is 5.40. The largest absolute Gasteiger partial charge is 0.478 e. The molecule has 2 amide bonds. The summed E-state index contributed by atoms with van der Waals surface area (Å²) >= 11 is 6.47. The zero-order valence-corrected chi connectivity index (χ0v) is 15.4. The van der Waals surface area contributed by atoms with E-state index in [9.17, 15) is 32.7 Å². The van der Waals surface area contributed by atoms with Gasteiger partial charge in [-0.25, -0.2) is 9.69 Å². The first-order chi connectivity index (χ1) is 13.1. The molecule has 0 bridgehead atoms. The molecule has 1 saturated heterocycles. The van der Waals surface area contributed by atoms with Gasteiger partial charge in [0.2, 0.25) is 11.8 Å². The lowest BCUT2D eigenvalue weighted by atomic mass is 10.1. The van der Waals surface area contributed by atoms with Gasteiger partial charge >= 0.3 is 12.1 Å². The van der Waals surface area contributed by atoms with E-state index in [1.807, 2.05) is 0 Å². The normalized spacial score (nSPS) is 17.3. The van der Waals surface area contributed by atoms with Crippen LogP contribution in [0.15, 0.2) is 47.4 Å². The van der Waals surface area contributed by atoms with Crippen LogP contribution in [0.5, 0.6) is 0 Å². The highest BCUT2D eigenvalue weighted by Crippen LogP contribution is 2.42. The number of anilines is 1. The van der Waals surface area contributed by atoms with Gasteiger partial charge in [-0.3, -0.25) is 9.59 Å². The van der Waals surface area contributed by atoms with Gasteiger partial charge in [-0.15, -0.1) is 11.8 Å². The Hall–Kier alpha value is -2.52. The smallest absolute Gasteiger partial charge is 0.418 e. The number of hydrogen-bond donors (Lipinski definition) is 1. The molecule has 1 aliphatic rings. The molecule has 5 nitrogen and oxygen atoms in total. The number of alkyl halides is 3. The minimum Gasteiger partial charge on any atom is -0.478 e. The van der Waals surface area contributed by atoms with Crippen molar-refractivity contribution in [3.8, 4) is 0 Å². The lowest BCUT2D eigenvalue weighted by Gasteiger charge is -2.20. The third-order valence-corrected chi connectivity index (χ3v) is 5.49. The van der Waals surface area contributed by atoms with Gasteiger partial charge < -0.3 is 5.11 Å². The maximum absolute atomic E-state index is 13.3. The number of amides is 2. The third kappa shape index (κ3) is 3.85. The van der Waals surface area contributed by atoms with Gasteiger partial charge in [-0.2, -0.15) is 13.2 Å². The fourth-order valence-electron chi connectivity index (χ4n) is 2.78. The van der Waals surface area contributed by atoms with Crippen LogP contribution in [0, 0.1) is 0 Å². The van der Waals surface area contributed by atoms with E-state index in [-0.39, 0.29) is 21.9 Å². The van der Waals surface area contributed by atoms with E-state index in [0.29, 0.717) is 11.0 Å². The zero-order valence-electron chi connectivity index (χ0n) is 13.9. The van der Waals surface area contributed by atoms with E-state index in [0.717, 1.165) is 23.9 Å². The Labute approximate surface area is 166 Å². The molecule has 2 aromatic rings. The third-order valence-electron chi connectivity index (χ3n) is 4.00. The molecule has 1 unspecified atom stereocenters. The quantitative estimate of drug-likeness (QED) is 0.725. The van der Waals surface area contributed by atoms with E-state index in [4.69, 9.17) is 11.6 Å². The molecule has 1 fully saturated rings. The maximum atomic E-state index is 13.3. The molecule has 3 rings (SSSR count). The van der Waals surface area contributed by atoms with Crippen molar-refractivity contribution >= 4 is 46.8 Å². The molecule has 2 aromatic carbocycles. The molecule has 28 heavy (non-hydrogen) atoms. The van der Waals surface area contributed by atoms with Crippen LogP contribution in [0.4, 0.5) is 18.9 Å². The molecule has 0 aliphatic carbocycles. The zero-order chi connectivity index (χ0) is 20.6. The SMILES string of the molecule is O=C(O)c1ccccc1SC1CC(=O)N(c2ccc(Cl)cc2C(F)(F)F)C1=O. The van der Waals surface area contributed by atoms with Gasteiger partial charge in [0.15, 0.2) is 0 Å². The number of carboxylic acids is 1. The van der Waals surface area contributed by atoms with Crippen LogP contribution in [0.1, 0.15) is 22.3 Å². The predicted molar refractivity (Wildman–Crippen MR) is 96.6 cm³/mol. The van der Waals surface area contributed by atoms with Crippen molar-refractivity contribution in [2.45, 2.75) is 22.7 Å². The van der Waals surface area contributed by atoms with Crippen molar-refractivity contribution in [3.63, 3.8) is 0 Å². The van der Waals surface area contributed by atoms with Crippen molar-refractivity contribution in [3.05, 3.63) is 58.6 Å². The summed E-state index contributed by atoms with van der Waals surface area (Å²) in [5.74, 6) is -2.86. The number of thioether (sulfide) groups is 1. The Balaban J connectivity index is 1.95. The number of carbonyl (C=O) groups excluding carboxylic acids is 2. The van der Waals surface area contributed by atoms with Crippen LogP contribution in [0.2, 0.25) is 5.02 Å². The number of nitrogens with zero attached hydrogens (tertiary/aromatic N) is 1. The summed E-state index contributed by atoms with van der Waals surface area (Å²) in [6, 6.07) is 8.66. The highest BCUT2D eigenvalue weighted by atomic mass is 35.5. The molecular weight excluding hydrogens is 419 g/mol. The van der Waals surface area contributed by atoms with Gasteiger partial charge in [0.05, 0.1) is 22.1 Å². The average molecular weight is 430 g/mol. The Bertz CT molecular complexity index is 980. The van der Waals surface area contributed by atoms with E-state index < -0.39 is 40.5 Å². The molecule has 0 aromatic heterocycles. The van der Waals surface area contributed by atoms with Crippen LogP contribution in [-0.2, 0) is 15.8 Å². The first-order valence-electron chi connectivity index (χ1n) is 7.82. The number of carboxylic acid groups (broad SMARTS) is 1. The number of carbonyl (C=O) groups is 3. The first-order valence-corrected chi connectivity index (χ1v) is 9.08. The summed E-state index contributed by atoms with van der Waals surface area (Å²) in [6.07, 6.45) is -5.17. The lowest BCUT2D eigenvalue weighted by Crippen LogP contribution is -2.33. The Morgan fingerprint density at radius 3 is 2.50 bits per heavy atom. The average Bonchev–Trinajstić information content (AvgIpc) is 2.88. The topological polar surface area (TPSA) is 74.7 Å². The van der Waals surface area contributed by atoms with Crippen molar-refractivity contribution in [2.24, 2.45) is 0 Å². The minimum absolute atomic E-state index is 0.0614. The van der Waals surface area contributed by atoms with Gasteiger partial charge in [-0.05, 0) is 30.3 Å². The van der Waals surface area contributed by atoms with Crippen molar-refractivity contribution in [1.82, 2.24) is 0 Å². The van der Waals surface area contributed by atoms with Crippen LogP contribution in [0.25, 0.3) is 0 Å². The summed E-state index contributed by atoms with van der Waals surface area (Å²) in [6.45, 7) is 0. The maximum Gasteiger partial charge on any atom is 0.418 e. The molecule has 1 heterocycles. The van der Waals surface area contributed by atoms with Crippen LogP contribution >= 0.6 is 23.4 Å². The second-order valence-electron chi connectivity index (χ2n) is 5.84. The van der Waals surface area contributed by atoms with E-state index in [1.54, 1.807) is 6.07 Å². The molecular formula is C18H11ClF3NO4S. The van der Waals surface area contributed by atoms with Crippen LogP contribution < -0.4 is 4.90 Å². The molecule has 146 valence electrons. The molecule has 1 N–H and O–H groups in total. The van der Waals surface area contributed by atoms with Gasteiger partial charge in [0, 0.05) is 16.3 Å². The monoisotopic (exact) mass is 429 g/mol. The number of aromatic carboxylic acids is 1. The summed E-state index contributed by atoms with van der Waals surface area (Å²) in [4.78, 5) is 37.1. The predicted octanol–water partition coefficient (Wildman–Crippen LogP) is 4.48. The van der Waals surface area contributed by atoms with E-state index >= 15 is 0 Å². The first kappa shape index (κ1) is 20.2. The van der Waals surface area contributed by atoms with Gasteiger partial charge in [-0.1, -0.05) is 23.7 Å². The molecule has 0 spiro atoms. The number of benzene rings is 2. The summed E-state index contributed by atoms with van der Waals surface area (Å²) in [7, 11) is 0. The summed E-state index contributed by atoms with van der Waals surface area (Å²) in [5.41, 5.74) is -1.85. The highest BCUT2D eigenvalue weighted by Gasteiger charge is 2.44. The lowest BCUT2D eigenvalue weighted by molar-refractivity contribution is -0.137. The summed E-state index contributed by atoms with van der Waals surface area (Å²) < 4.78 is 40.0. The minimum atomic E-state index is -4.82. The fraction of sp³-hybridized carbons (Fsp3) is 0.167. The number of hydrogen-bond acceptors (Lipinski definition) is 4. The molecule has 1 aliphatic heterocycles. The van der Waals surface area contributed by atoms with Crippen LogP contribution in [0.3, 0.4) is 0 Å². The second kappa shape index (κ2) is 7.48. The Morgan fingerprint density at radius 1 is 1.18 bits per heavy atom. The fourth-order valence-corrected chi connectivity index (χ4v) is 4.13. The molecule has 0 saturated carbocycles. The van der Waals surface area contributed by atoms with Gasteiger partial charge in [0.1, 0.15) is 0 Å². The number of halogens is 4. The second-order valence-corrected chi connectivity index (χ2v) is 7.52.